The molecule has 1 aliphatic heterocycles. The van der Waals surface area contributed by atoms with Crippen LogP contribution in [0.5, 0.6) is 5.75 Å². The number of nitrogens with one attached hydrogen (secondary N) is 2. The Balaban J connectivity index is 1.63. The molecule has 150 valence electrons. The van der Waals surface area contributed by atoms with Crippen molar-refractivity contribution < 1.29 is 27.1 Å². The number of hydrogen-bond acceptors (Lipinski definition) is 3. The van der Waals surface area contributed by atoms with Crippen molar-refractivity contribution >= 4 is 5.91 Å². The molecule has 0 saturated carbocycles. The molecule has 2 unspecified atom stereocenters. The lowest BCUT2D eigenvalue weighted by atomic mass is 9.86. The zero-order valence-corrected chi connectivity index (χ0v) is 14.9. The number of piperidine rings is 1. The van der Waals surface area contributed by atoms with Crippen LogP contribution in [0.25, 0.3) is 0 Å². The van der Waals surface area contributed by atoms with E-state index in [4.69, 9.17) is 0 Å². The molecule has 0 bridgehead atoms. The molecule has 1 heterocycles. The highest BCUT2D eigenvalue weighted by Crippen LogP contribution is 2.27. The molecule has 28 heavy (non-hydrogen) atoms. The lowest BCUT2D eigenvalue weighted by Crippen LogP contribution is -2.50. The standard InChI is InChI=1S/C20H20F4N2O2/c21-16-6-3-13(10-17(16)22)15-7-8-25-11-18(15)26-19(27)9-12-1-4-14(5-2-12)28-20(23)24/h1-6,10,15,18,20,25H,7-9,11H2,(H,26,27). The van der Waals surface area contributed by atoms with E-state index in [0.717, 1.165) is 6.07 Å². The van der Waals surface area contributed by atoms with Crippen LogP contribution >= 0.6 is 0 Å². The lowest BCUT2D eigenvalue weighted by Gasteiger charge is -2.33. The zero-order chi connectivity index (χ0) is 20.1. The Hall–Kier alpha value is -2.61. The molecule has 0 aromatic heterocycles. The highest BCUT2D eigenvalue weighted by atomic mass is 19.3. The maximum absolute atomic E-state index is 13.6. The molecule has 0 spiro atoms. The van der Waals surface area contributed by atoms with E-state index in [1.165, 1.54) is 24.3 Å². The third kappa shape index (κ3) is 5.22. The van der Waals surface area contributed by atoms with Crippen molar-refractivity contribution in [3.63, 3.8) is 0 Å². The summed E-state index contributed by atoms with van der Waals surface area (Å²) in [5, 5.41) is 6.11. The van der Waals surface area contributed by atoms with Crippen LogP contribution in [0.3, 0.4) is 0 Å². The van der Waals surface area contributed by atoms with Gasteiger partial charge >= 0.3 is 6.61 Å². The van der Waals surface area contributed by atoms with Gasteiger partial charge < -0.3 is 15.4 Å². The maximum Gasteiger partial charge on any atom is 0.387 e. The number of carbonyl (C=O) groups excluding carboxylic acids is 1. The summed E-state index contributed by atoms with van der Waals surface area (Å²) in [4.78, 5) is 12.4. The second-order valence-electron chi connectivity index (χ2n) is 6.65. The number of alkyl halides is 2. The quantitative estimate of drug-likeness (QED) is 0.737. The van der Waals surface area contributed by atoms with E-state index in [-0.39, 0.29) is 30.0 Å². The van der Waals surface area contributed by atoms with Crippen LogP contribution < -0.4 is 15.4 Å². The van der Waals surface area contributed by atoms with Gasteiger partial charge in [0.05, 0.1) is 6.42 Å². The topological polar surface area (TPSA) is 50.4 Å². The third-order valence-corrected chi connectivity index (χ3v) is 4.71. The number of ether oxygens (including phenoxy) is 1. The summed E-state index contributed by atoms with van der Waals surface area (Å²) in [6.07, 6.45) is 0.742. The van der Waals surface area contributed by atoms with Crippen molar-refractivity contribution in [2.45, 2.75) is 31.4 Å². The number of carbonyl (C=O) groups is 1. The second-order valence-corrected chi connectivity index (χ2v) is 6.65. The Bertz CT molecular complexity index is 814. The predicted octanol–water partition coefficient (Wildman–Crippen LogP) is 3.37. The van der Waals surface area contributed by atoms with Crippen molar-refractivity contribution in [1.29, 1.82) is 0 Å². The van der Waals surface area contributed by atoms with Crippen molar-refractivity contribution in [3.05, 3.63) is 65.2 Å². The van der Waals surface area contributed by atoms with Crippen LogP contribution in [-0.4, -0.2) is 31.7 Å². The molecule has 2 aromatic rings. The van der Waals surface area contributed by atoms with Gasteiger partial charge in [0.1, 0.15) is 5.75 Å². The van der Waals surface area contributed by atoms with E-state index in [1.54, 1.807) is 12.1 Å². The van der Waals surface area contributed by atoms with Crippen LogP contribution in [-0.2, 0) is 11.2 Å². The first-order valence-corrected chi connectivity index (χ1v) is 8.91. The van der Waals surface area contributed by atoms with Gasteiger partial charge in [0.25, 0.3) is 0 Å². The lowest BCUT2D eigenvalue weighted by molar-refractivity contribution is -0.121. The van der Waals surface area contributed by atoms with Crippen molar-refractivity contribution in [2.75, 3.05) is 13.1 Å². The molecule has 1 amide bonds. The van der Waals surface area contributed by atoms with Crippen LogP contribution in [0, 0.1) is 11.6 Å². The first-order valence-electron chi connectivity index (χ1n) is 8.91. The molecule has 3 rings (SSSR count). The van der Waals surface area contributed by atoms with Gasteiger partial charge in [-0.3, -0.25) is 4.79 Å². The van der Waals surface area contributed by atoms with Crippen molar-refractivity contribution in [1.82, 2.24) is 10.6 Å². The monoisotopic (exact) mass is 396 g/mol. The minimum absolute atomic E-state index is 0.0223. The van der Waals surface area contributed by atoms with Gasteiger partial charge in [0.2, 0.25) is 5.91 Å². The van der Waals surface area contributed by atoms with Gasteiger partial charge in [-0.15, -0.1) is 0 Å². The molecule has 8 heteroatoms. The molecule has 2 N–H and O–H groups in total. The third-order valence-electron chi connectivity index (χ3n) is 4.71. The van der Waals surface area contributed by atoms with E-state index >= 15 is 0 Å². The minimum Gasteiger partial charge on any atom is -0.435 e. The second kappa shape index (κ2) is 9.05. The molecule has 4 nitrogen and oxygen atoms in total. The Kier molecular flexibility index (Phi) is 6.51. The van der Waals surface area contributed by atoms with Gasteiger partial charge in [-0.1, -0.05) is 18.2 Å². The highest BCUT2D eigenvalue weighted by molar-refractivity contribution is 5.79. The van der Waals surface area contributed by atoms with Crippen LogP contribution in [0.2, 0.25) is 0 Å². The van der Waals surface area contributed by atoms with E-state index in [1.807, 2.05) is 0 Å². The van der Waals surface area contributed by atoms with E-state index in [9.17, 15) is 22.4 Å². The molecule has 2 atom stereocenters. The summed E-state index contributed by atoms with van der Waals surface area (Å²) in [5.74, 6) is -2.18. The Morgan fingerprint density at radius 1 is 1.14 bits per heavy atom. The fourth-order valence-corrected chi connectivity index (χ4v) is 3.38. The molecule has 1 aliphatic rings. The molecular formula is C20H20F4N2O2. The minimum atomic E-state index is -2.90. The average Bonchev–Trinajstić information content (AvgIpc) is 2.66. The van der Waals surface area contributed by atoms with Crippen molar-refractivity contribution in [3.8, 4) is 5.75 Å². The predicted molar refractivity (Wildman–Crippen MR) is 95.3 cm³/mol. The molecule has 1 saturated heterocycles. The van der Waals surface area contributed by atoms with Crippen LogP contribution in [0.1, 0.15) is 23.5 Å². The van der Waals surface area contributed by atoms with Gasteiger partial charge in [0.15, 0.2) is 11.6 Å². The van der Waals surface area contributed by atoms with E-state index < -0.39 is 18.2 Å². The molecule has 2 aromatic carbocycles. The largest absolute Gasteiger partial charge is 0.435 e. The average molecular weight is 396 g/mol. The summed E-state index contributed by atoms with van der Waals surface area (Å²) in [6.45, 7) is -1.68. The summed E-state index contributed by atoms with van der Waals surface area (Å²) < 4.78 is 55.4. The Labute approximate surface area is 159 Å². The van der Waals surface area contributed by atoms with Gasteiger partial charge in [-0.05, 0) is 48.4 Å². The van der Waals surface area contributed by atoms with Crippen LogP contribution in [0.4, 0.5) is 17.6 Å². The summed E-state index contributed by atoms with van der Waals surface area (Å²) in [6, 6.07) is 9.37. The first kappa shape index (κ1) is 20.1. The number of rotatable bonds is 6. The van der Waals surface area contributed by atoms with Gasteiger partial charge in [0, 0.05) is 18.5 Å². The summed E-state index contributed by atoms with van der Waals surface area (Å²) >= 11 is 0. The normalized spacial score (nSPS) is 19.5. The number of hydrogen-bond donors (Lipinski definition) is 2. The fraction of sp³-hybridized carbons (Fsp3) is 0.350. The number of halogens is 4. The van der Waals surface area contributed by atoms with Crippen molar-refractivity contribution in [2.24, 2.45) is 0 Å². The number of benzene rings is 2. The van der Waals surface area contributed by atoms with E-state index in [0.29, 0.717) is 30.6 Å². The number of amides is 1. The summed E-state index contributed by atoms with van der Waals surface area (Å²) in [5.41, 5.74) is 1.28. The molecule has 0 radical (unpaired) electrons. The smallest absolute Gasteiger partial charge is 0.387 e. The first-order chi connectivity index (χ1) is 13.4. The van der Waals surface area contributed by atoms with Crippen LogP contribution in [0.15, 0.2) is 42.5 Å². The Morgan fingerprint density at radius 2 is 1.89 bits per heavy atom. The highest BCUT2D eigenvalue weighted by Gasteiger charge is 2.28. The molecular weight excluding hydrogens is 376 g/mol. The SMILES string of the molecule is O=C(Cc1ccc(OC(F)F)cc1)NC1CNCCC1c1ccc(F)c(F)c1. The van der Waals surface area contributed by atoms with E-state index in [2.05, 4.69) is 15.4 Å². The maximum atomic E-state index is 13.6. The van der Waals surface area contributed by atoms with Gasteiger partial charge in [-0.25, -0.2) is 8.78 Å². The van der Waals surface area contributed by atoms with Gasteiger partial charge in [-0.2, -0.15) is 8.78 Å². The zero-order valence-electron chi connectivity index (χ0n) is 14.9. The molecule has 0 aliphatic carbocycles. The summed E-state index contributed by atoms with van der Waals surface area (Å²) in [7, 11) is 0. The Morgan fingerprint density at radius 3 is 2.57 bits per heavy atom. The molecule has 1 fully saturated rings. The fourth-order valence-electron chi connectivity index (χ4n) is 3.38.